The van der Waals surface area contributed by atoms with Gasteiger partial charge in [-0.1, -0.05) is 23.7 Å². The van der Waals surface area contributed by atoms with Gasteiger partial charge in [0.15, 0.2) is 0 Å². The van der Waals surface area contributed by atoms with Gasteiger partial charge >= 0.3 is 0 Å². The maximum Gasteiger partial charge on any atom is 0.266 e. The van der Waals surface area contributed by atoms with Gasteiger partial charge in [-0.3, -0.25) is 14.3 Å². The minimum absolute atomic E-state index is 0.0118. The Balaban J connectivity index is 1.99. The van der Waals surface area contributed by atoms with E-state index in [1.165, 1.54) is 10.6 Å². The molecule has 2 aromatic heterocycles. The summed E-state index contributed by atoms with van der Waals surface area (Å²) in [5.41, 5.74) is 1.52. The van der Waals surface area contributed by atoms with E-state index in [2.05, 4.69) is 9.97 Å². The lowest BCUT2D eigenvalue weighted by Crippen LogP contribution is -2.22. The first-order valence-corrected chi connectivity index (χ1v) is 8.60. The number of benzene rings is 2. The van der Waals surface area contributed by atoms with Crippen molar-refractivity contribution in [3.05, 3.63) is 99.8 Å². The molecule has 4 rings (SSSR count). The Morgan fingerprint density at radius 3 is 2.44 bits per heavy atom. The third-order valence-electron chi connectivity index (χ3n) is 4.13. The zero-order valence-electron chi connectivity index (χ0n) is 14.1. The van der Waals surface area contributed by atoms with Crippen LogP contribution >= 0.6 is 11.6 Å². The van der Waals surface area contributed by atoms with E-state index >= 15 is 0 Å². The molecule has 6 heteroatoms. The number of hydrogen-bond acceptors (Lipinski definition) is 4. The monoisotopic (exact) mass is 375 g/mol. The van der Waals surface area contributed by atoms with Crippen molar-refractivity contribution in [1.29, 1.82) is 0 Å². The summed E-state index contributed by atoms with van der Waals surface area (Å²) in [6.45, 7) is 0. The largest absolute Gasteiger partial charge is 0.507 e. The lowest BCUT2D eigenvalue weighted by molar-refractivity contribution is 0.515. The molecular formula is C21H14ClN3O2. The number of aliphatic hydroxyl groups excluding tert-OH is 1. The third-order valence-corrected chi connectivity index (χ3v) is 4.38. The highest BCUT2D eigenvalue weighted by molar-refractivity contribution is 6.30. The number of rotatable bonds is 3. The second kappa shape index (κ2) is 7.05. The van der Waals surface area contributed by atoms with Gasteiger partial charge in [0.25, 0.3) is 5.56 Å². The van der Waals surface area contributed by atoms with E-state index in [-0.39, 0.29) is 11.3 Å². The molecular weight excluding hydrogens is 362 g/mol. The molecule has 0 spiro atoms. The molecule has 1 N–H and O–H groups in total. The summed E-state index contributed by atoms with van der Waals surface area (Å²) in [6, 6.07) is 17.3. The van der Waals surface area contributed by atoms with E-state index in [9.17, 15) is 9.90 Å². The van der Waals surface area contributed by atoms with Crippen molar-refractivity contribution in [1.82, 2.24) is 14.5 Å². The zero-order chi connectivity index (χ0) is 18.8. The average molecular weight is 376 g/mol. The zero-order valence-corrected chi connectivity index (χ0v) is 14.8. The van der Waals surface area contributed by atoms with Gasteiger partial charge in [0.1, 0.15) is 11.6 Å². The van der Waals surface area contributed by atoms with Gasteiger partial charge in [-0.15, -0.1) is 0 Å². The summed E-state index contributed by atoms with van der Waals surface area (Å²) >= 11 is 5.98. The van der Waals surface area contributed by atoms with Crippen LogP contribution in [0.3, 0.4) is 0 Å². The SMILES string of the molecule is O=c1c2ccccc2nc(/C=C(\O)c2ccncc2)n1-c1ccc(Cl)cc1. The summed E-state index contributed by atoms with van der Waals surface area (Å²) in [7, 11) is 0. The van der Waals surface area contributed by atoms with Crippen LogP contribution in [-0.2, 0) is 0 Å². The quantitative estimate of drug-likeness (QED) is 0.536. The second-order valence-electron chi connectivity index (χ2n) is 5.87. The van der Waals surface area contributed by atoms with Gasteiger partial charge in [0.2, 0.25) is 0 Å². The number of fused-ring (bicyclic) bond motifs is 1. The Morgan fingerprint density at radius 1 is 1.00 bits per heavy atom. The molecule has 27 heavy (non-hydrogen) atoms. The number of para-hydroxylation sites is 1. The Hall–Kier alpha value is -3.44. The Kier molecular flexibility index (Phi) is 4.44. The average Bonchev–Trinajstić information content (AvgIpc) is 2.70. The summed E-state index contributed by atoms with van der Waals surface area (Å²) in [5, 5.41) is 11.6. The fourth-order valence-corrected chi connectivity index (χ4v) is 2.94. The Morgan fingerprint density at radius 2 is 1.70 bits per heavy atom. The van der Waals surface area contributed by atoms with Gasteiger partial charge in [-0.25, -0.2) is 4.98 Å². The molecule has 0 saturated heterocycles. The van der Waals surface area contributed by atoms with E-state index in [0.717, 1.165) is 0 Å². The molecule has 5 nitrogen and oxygen atoms in total. The molecule has 2 heterocycles. The van der Waals surface area contributed by atoms with Gasteiger partial charge in [-0.2, -0.15) is 0 Å². The number of aliphatic hydroxyl groups is 1. The highest BCUT2D eigenvalue weighted by Gasteiger charge is 2.12. The highest BCUT2D eigenvalue weighted by Crippen LogP contribution is 2.19. The van der Waals surface area contributed by atoms with Crippen molar-refractivity contribution in [2.45, 2.75) is 0 Å². The van der Waals surface area contributed by atoms with Crippen LogP contribution in [0.2, 0.25) is 5.02 Å². The first-order valence-electron chi connectivity index (χ1n) is 8.22. The van der Waals surface area contributed by atoms with Crippen LogP contribution in [0.1, 0.15) is 11.4 Å². The Labute approximate surface area is 159 Å². The summed E-state index contributed by atoms with van der Waals surface area (Å²) < 4.78 is 1.45. The predicted molar refractivity (Wildman–Crippen MR) is 107 cm³/mol. The molecule has 0 aliphatic heterocycles. The molecule has 2 aromatic carbocycles. The molecule has 132 valence electrons. The number of hydrogen-bond donors (Lipinski definition) is 1. The molecule has 4 aromatic rings. The predicted octanol–water partition coefficient (Wildman–Crippen LogP) is 4.49. The molecule has 0 fully saturated rings. The molecule has 0 saturated carbocycles. The lowest BCUT2D eigenvalue weighted by atomic mass is 10.2. The van der Waals surface area contributed by atoms with E-state index in [1.54, 1.807) is 67.0 Å². The number of nitrogens with zero attached hydrogens (tertiary/aromatic N) is 3. The van der Waals surface area contributed by atoms with E-state index in [1.807, 2.05) is 6.07 Å². The van der Waals surface area contributed by atoms with Crippen LogP contribution in [0.5, 0.6) is 0 Å². The molecule has 0 radical (unpaired) electrons. The van der Waals surface area contributed by atoms with Crippen molar-refractivity contribution >= 4 is 34.3 Å². The van der Waals surface area contributed by atoms with Crippen molar-refractivity contribution in [2.24, 2.45) is 0 Å². The number of pyridine rings is 1. The lowest BCUT2D eigenvalue weighted by Gasteiger charge is -2.12. The van der Waals surface area contributed by atoms with Crippen molar-refractivity contribution in [3.63, 3.8) is 0 Å². The van der Waals surface area contributed by atoms with Crippen LogP contribution in [0, 0.1) is 0 Å². The van der Waals surface area contributed by atoms with Gasteiger partial charge in [-0.05, 0) is 48.5 Å². The van der Waals surface area contributed by atoms with Crippen molar-refractivity contribution < 1.29 is 5.11 Å². The maximum absolute atomic E-state index is 13.1. The third kappa shape index (κ3) is 3.32. The van der Waals surface area contributed by atoms with Gasteiger partial charge in [0, 0.05) is 29.1 Å². The van der Waals surface area contributed by atoms with Crippen LogP contribution in [-0.4, -0.2) is 19.6 Å². The molecule has 0 aliphatic rings. The standard InChI is InChI=1S/C21H14ClN3O2/c22-15-5-7-16(8-6-15)25-20(13-19(26)14-9-11-23-12-10-14)24-18-4-2-1-3-17(18)21(25)27/h1-13,26H/b19-13-. The van der Waals surface area contributed by atoms with Crippen LogP contribution in [0.4, 0.5) is 0 Å². The van der Waals surface area contributed by atoms with Crippen LogP contribution in [0.15, 0.2) is 77.9 Å². The summed E-state index contributed by atoms with van der Waals surface area (Å²) in [4.78, 5) is 21.6. The molecule has 0 atom stereocenters. The van der Waals surface area contributed by atoms with E-state index in [4.69, 9.17) is 11.6 Å². The minimum Gasteiger partial charge on any atom is -0.507 e. The smallest absolute Gasteiger partial charge is 0.266 e. The number of halogens is 1. The second-order valence-corrected chi connectivity index (χ2v) is 6.31. The Bertz CT molecular complexity index is 1200. The van der Waals surface area contributed by atoms with Crippen molar-refractivity contribution in [2.75, 3.05) is 0 Å². The van der Waals surface area contributed by atoms with Crippen LogP contribution < -0.4 is 5.56 Å². The fraction of sp³-hybridized carbons (Fsp3) is 0. The van der Waals surface area contributed by atoms with E-state index in [0.29, 0.717) is 33.0 Å². The topological polar surface area (TPSA) is 68.0 Å². The molecule has 0 aliphatic carbocycles. The minimum atomic E-state index is -0.225. The first-order chi connectivity index (χ1) is 13.1. The summed E-state index contributed by atoms with van der Waals surface area (Å²) in [6.07, 6.45) is 4.64. The normalized spacial score (nSPS) is 11.7. The van der Waals surface area contributed by atoms with Crippen LogP contribution in [0.25, 0.3) is 28.4 Å². The molecule has 0 unspecified atom stereocenters. The highest BCUT2D eigenvalue weighted by atomic mass is 35.5. The van der Waals surface area contributed by atoms with Crippen molar-refractivity contribution in [3.8, 4) is 5.69 Å². The first kappa shape index (κ1) is 17.0. The number of aromatic nitrogens is 3. The molecule has 0 amide bonds. The summed E-state index contributed by atoms with van der Waals surface area (Å²) in [5.74, 6) is 0.303. The van der Waals surface area contributed by atoms with Gasteiger partial charge < -0.3 is 5.11 Å². The molecule has 0 bridgehead atoms. The van der Waals surface area contributed by atoms with Gasteiger partial charge in [0.05, 0.1) is 16.6 Å². The fourth-order valence-electron chi connectivity index (χ4n) is 2.81. The maximum atomic E-state index is 13.1. The van der Waals surface area contributed by atoms with E-state index < -0.39 is 0 Å².